The minimum Gasteiger partial charge on any atom is -0.377 e. The molecule has 0 atom stereocenters. The minimum absolute atomic E-state index is 0.0223. The molecule has 2 aromatic rings. The Morgan fingerprint density at radius 2 is 1.96 bits per heavy atom. The molecular formula is C18H18F2N2O. The van der Waals surface area contributed by atoms with Crippen LogP contribution in [0.5, 0.6) is 0 Å². The first-order valence-corrected chi connectivity index (χ1v) is 7.12. The van der Waals surface area contributed by atoms with Gasteiger partial charge in [0.1, 0.15) is 17.5 Å². The summed E-state index contributed by atoms with van der Waals surface area (Å²) in [5.74, 6) is 5.00. The highest BCUT2D eigenvalue weighted by Gasteiger charge is 2.15. The number of benzene rings is 1. The fourth-order valence-corrected chi connectivity index (χ4v) is 1.68. The van der Waals surface area contributed by atoms with Crippen LogP contribution in [0, 0.1) is 23.5 Å². The van der Waals surface area contributed by atoms with Gasteiger partial charge in [-0.25, -0.2) is 13.8 Å². The topological polar surface area (TPSA) is 34.1 Å². The van der Waals surface area contributed by atoms with E-state index < -0.39 is 11.6 Å². The van der Waals surface area contributed by atoms with E-state index in [0.717, 1.165) is 18.2 Å². The Labute approximate surface area is 134 Å². The summed E-state index contributed by atoms with van der Waals surface area (Å²) in [6, 6.07) is 6.72. The van der Waals surface area contributed by atoms with Gasteiger partial charge in [-0.2, -0.15) is 0 Å². The molecule has 0 bridgehead atoms. The average Bonchev–Trinajstić information content (AvgIpc) is 2.55. The van der Waals surface area contributed by atoms with Crippen molar-refractivity contribution in [2.75, 3.05) is 19.0 Å². The summed E-state index contributed by atoms with van der Waals surface area (Å²) in [5.41, 5.74) is 0.342. The van der Waals surface area contributed by atoms with Gasteiger partial charge in [-0.1, -0.05) is 11.8 Å². The monoisotopic (exact) mass is 316 g/mol. The summed E-state index contributed by atoms with van der Waals surface area (Å²) in [7, 11) is 1.65. The van der Waals surface area contributed by atoms with Crippen molar-refractivity contribution in [1.82, 2.24) is 4.98 Å². The summed E-state index contributed by atoms with van der Waals surface area (Å²) in [5, 5.41) is 3.16. The van der Waals surface area contributed by atoms with Gasteiger partial charge in [-0.15, -0.1) is 0 Å². The van der Waals surface area contributed by atoms with Crippen LogP contribution < -0.4 is 5.32 Å². The zero-order valence-electron chi connectivity index (χ0n) is 13.3. The van der Waals surface area contributed by atoms with Crippen LogP contribution in [0.1, 0.15) is 25.0 Å². The van der Waals surface area contributed by atoms with E-state index in [1.165, 1.54) is 0 Å². The van der Waals surface area contributed by atoms with Crippen molar-refractivity contribution in [3.05, 3.63) is 59.3 Å². The Kier molecular flexibility index (Phi) is 5.30. The molecule has 1 aromatic carbocycles. The lowest BCUT2D eigenvalue weighted by Gasteiger charge is -2.23. The van der Waals surface area contributed by atoms with E-state index in [4.69, 9.17) is 4.74 Å². The Hall–Kier alpha value is -2.45. The summed E-state index contributed by atoms with van der Waals surface area (Å²) in [6.45, 7) is 4.54. The van der Waals surface area contributed by atoms with E-state index in [1.807, 2.05) is 13.8 Å². The predicted molar refractivity (Wildman–Crippen MR) is 86.2 cm³/mol. The van der Waals surface area contributed by atoms with Crippen LogP contribution in [-0.4, -0.2) is 24.2 Å². The van der Waals surface area contributed by atoms with Gasteiger partial charge in [-0.05, 0) is 44.2 Å². The van der Waals surface area contributed by atoms with Crippen molar-refractivity contribution in [2.45, 2.75) is 19.4 Å². The van der Waals surface area contributed by atoms with Crippen molar-refractivity contribution in [3.8, 4) is 11.8 Å². The van der Waals surface area contributed by atoms with Crippen molar-refractivity contribution in [2.24, 2.45) is 0 Å². The molecule has 1 heterocycles. The average molecular weight is 316 g/mol. The fraction of sp³-hybridized carbons (Fsp3) is 0.278. The SMILES string of the molecule is COC(C)(C)CNc1ccc(C#Cc2cc(F)ccc2F)cn1. The first-order chi connectivity index (χ1) is 10.9. The number of halogens is 2. The second-order valence-electron chi connectivity index (χ2n) is 5.62. The van der Waals surface area contributed by atoms with Gasteiger partial charge in [0.05, 0.1) is 11.2 Å². The zero-order chi connectivity index (χ0) is 16.9. The predicted octanol–water partition coefficient (Wildman–Crippen LogP) is 3.60. The maximum atomic E-state index is 13.5. The molecule has 1 N–H and O–H groups in total. The van der Waals surface area contributed by atoms with E-state index >= 15 is 0 Å². The normalized spacial score (nSPS) is 10.8. The second kappa shape index (κ2) is 7.21. The molecular weight excluding hydrogens is 298 g/mol. The van der Waals surface area contributed by atoms with E-state index in [9.17, 15) is 8.78 Å². The quantitative estimate of drug-likeness (QED) is 0.875. The number of anilines is 1. The van der Waals surface area contributed by atoms with Gasteiger partial charge in [-0.3, -0.25) is 0 Å². The third-order valence-electron chi connectivity index (χ3n) is 3.28. The fourth-order valence-electron chi connectivity index (χ4n) is 1.68. The van der Waals surface area contributed by atoms with Crippen molar-refractivity contribution in [1.29, 1.82) is 0 Å². The molecule has 23 heavy (non-hydrogen) atoms. The molecule has 0 radical (unpaired) electrons. The first-order valence-electron chi connectivity index (χ1n) is 7.12. The third-order valence-corrected chi connectivity index (χ3v) is 3.28. The van der Waals surface area contributed by atoms with E-state index in [2.05, 4.69) is 22.1 Å². The molecule has 120 valence electrons. The van der Waals surface area contributed by atoms with Crippen LogP contribution >= 0.6 is 0 Å². The standard InChI is InChI=1S/C18H18F2N2O/c1-18(2,23-3)12-22-17-9-5-13(11-21-17)4-6-14-10-15(19)7-8-16(14)20/h5,7-11H,12H2,1-3H3,(H,21,22). The van der Waals surface area contributed by atoms with Crippen molar-refractivity contribution >= 4 is 5.82 Å². The molecule has 0 unspecified atom stereocenters. The van der Waals surface area contributed by atoms with E-state index in [0.29, 0.717) is 17.9 Å². The molecule has 1 aromatic heterocycles. The van der Waals surface area contributed by atoms with Gasteiger partial charge < -0.3 is 10.1 Å². The van der Waals surface area contributed by atoms with Gasteiger partial charge in [0.25, 0.3) is 0 Å². The van der Waals surface area contributed by atoms with Crippen LogP contribution in [0.2, 0.25) is 0 Å². The molecule has 0 aliphatic carbocycles. The molecule has 0 amide bonds. The molecule has 0 saturated heterocycles. The van der Waals surface area contributed by atoms with E-state index in [1.54, 1.807) is 25.4 Å². The zero-order valence-corrected chi connectivity index (χ0v) is 13.3. The van der Waals surface area contributed by atoms with Crippen LogP contribution in [0.15, 0.2) is 36.5 Å². The molecule has 2 rings (SSSR count). The van der Waals surface area contributed by atoms with Crippen LogP contribution in [0.3, 0.4) is 0 Å². The van der Waals surface area contributed by atoms with Gasteiger partial charge in [0, 0.05) is 25.4 Å². The molecule has 0 aliphatic rings. The van der Waals surface area contributed by atoms with Gasteiger partial charge in [0.15, 0.2) is 0 Å². The van der Waals surface area contributed by atoms with Gasteiger partial charge in [0.2, 0.25) is 0 Å². The van der Waals surface area contributed by atoms with Crippen molar-refractivity contribution < 1.29 is 13.5 Å². The summed E-state index contributed by atoms with van der Waals surface area (Å²) in [4.78, 5) is 4.23. The highest BCUT2D eigenvalue weighted by Crippen LogP contribution is 2.11. The van der Waals surface area contributed by atoms with Crippen molar-refractivity contribution in [3.63, 3.8) is 0 Å². The molecule has 0 spiro atoms. The number of pyridine rings is 1. The van der Waals surface area contributed by atoms with Gasteiger partial charge >= 0.3 is 0 Å². The number of rotatable bonds is 4. The highest BCUT2D eigenvalue weighted by atomic mass is 19.1. The summed E-state index contributed by atoms with van der Waals surface area (Å²) < 4.78 is 31.9. The minimum atomic E-state index is -0.549. The Morgan fingerprint density at radius 3 is 2.61 bits per heavy atom. The number of hydrogen-bond donors (Lipinski definition) is 1. The molecule has 3 nitrogen and oxygen atoms in total. The highest BCUT2D eigenvalue weighted by molar-refractivity contribution is 5.45. The Bertz CT molecular complexity index is 731. The lowest BCUT2D eigenvalue weighted by molar-refractivity contribution is 0.0343. The summed E-state index contributed by atoms with van der Waals surface area (Å²) >= 11 is 0. The lowest BCUT2D eigenvalue weighted by atomic mass is 10.1. The molecule has 0 saturated carbocycles. The Morgan fingerprint density at radius 1 is 1.17 bits per heavy atom. The second-order valence-corrected chi connectivity index (χ2v) is 5.62. The number of ether oxygens (including phenoxy) is 1. The Balaban J connectivity index is 2.06. The molecule has 0 fully saturated rings. The number of aromatic nitrogens is 1. The maximum Gasteiger partial charge on any atom is 0.139 e. The first kappa shape index (κ1) is 16.9. The smallest absolute Gasteiger partial charge is 0.139 e. The summed E-state index contributed by atoms with van der Waals surface area (Å²) in [6.07, 6.45) is 1.58. The van der Waals surface area contributed by atoms with Crippen LogP contribution in [0.4, 0.5) is 14.6 Å². The lowest BCUT2D eigenvalue weighted by Crippen LogP contribution is -2.32. The largest absolute Gasteiger partial charge is 0.377 e. The molecule has 5 heteroatoms. The van der Waals surface area contributed by atoms with Crippen LogP contribution in [0.25, 0.3) is 0 Å². The van der Waals surface area contributed by atoms with Crippen LogP contribution in [-0.2, 0) is 4.74 Å². The number of methoxy groups -OCH3 is 1. The number of nitrogens with zero attached hydrogens (tertiary/aromatic N) is 1. The number of nitrogens with one attached hydrogen (secondary N) is 1. The third kappa shape index (κ3) is 5.04. The maximum absolute atomic E-state index is 13.5. The number of hydrogen-bond acceptors (Lipinski definition) is 3. The molecule has 0 aliphatic heterocycles. The van der Waals surface area contributed by atoms with E-state index in [-0.39, 0.29) is 11.2 Å².